The van der Waals surface area contributed by atoms with Crippen LogP contribution in [0.1, 0.15) is 22.0 Å². The average molecular weight is 334 g/mol. The van der Waals surface area contributed by atoms with Crippen molar-refractivity contribution in [2.24, 2.45) is 0 Å². The largest absolute Gasteiger partial charge is 0.332 e. The maximum absolute atomic E-state index is 12.9. The first-order valence-corrected chi connectivity index (χ1v) is 6.70. The highest BCUT2D eigenvalue weighted by atomic mass is 35.5. The summed E-state index contributed by atoms with van der Waals surface area (Å²) in [6.45, 7) is 0. The van der Waals surface area contributed by atoms with E-state index >= 15 is 0 Å². The first-order valence-electron chi connectivity index (χ1n) is 6.32. The van der Waals surface area contributed by atoms with Crippen LogP contribution in [0.3, 0.4) is 0 Å². The van der Waals surface area contributed by atoms with Crippen LogP contribution >= 0.6 is 11.6 Å². The first-order chi connectivity index (χ1) is 10.9. The summed E-state index contributed by atoms with van der Waals surface area (Å²) in [7, 11) is 0. The summed E-state index contributed by atoms with van der Waals surface area (Å²) in [6.07, 6.45) is 0. The van der Waals surface area contributed by atoms with Gasteiger partial charge in [0.15, 0.2) is 0 Å². The molecule has 6 nitrogen and oxygen atoms in total. The molecule has 0 saturated carbocycles. The van der Waals surface area contributed by atoms with Crippen molar-refractivity contribution in [1.82, 2.24) is 5.32 Å². The highest BCUT2D eigenvalue weighted by molar-refractivity contribution is 6.32. The Hall–Kier alpha value is -2.98. The molecule has 0 aliphatic heterocycles. The molecule has 1 atom stereocenters. The number of hydrogen-bond acceptors (Lipinski definition) is 4. The topological polar surface area (TPSA) is 96.0 Å². The number of rotatable bonds is 4. The third-order valence-electron chi connectivity index (χ3n) is 3.01. The quantitative estimate of drug-likeness (QED) is 0.685. The molecule has 1 amide bonds. The minimum Gasteiger partial charge on any atom is -0.332 e. The van der Waals surface area contributed by atoms with Crippen molar-refractivity contribution in [3.05, 3.63) is 74.5 Å². The van der Waals surface area contributed by atoms with Gasteiger partial charge in [0.2, 0.25) is 0 Å². The number of nitro benzene ring substituents is 1. The maximum Gasteiger partial charge on any atom is 0.288 e. The van der Waals surface area contributed by atoms with Crippen molar-refractivity contribution in [3.8, 4) is 6.07 Å². The Morgan fingerprint density at radius 2 is 1.96 bits per heavy atom. The fourth-order valence-electron chi connectivity index (χ4n) is 1.85. The fourth-order valence-corrected chi connectivity index (χ4v) is 2.04. The summed E-state index contributed by atoms with van der Waals surface area (Å²) in [6, 6.07) is 9.49. The number of nitrogens with one attached hydrogen (secondary N) is 1. The molecule has 2 aromatic rings. The fraction of sp³-hybridized carbons (Fsp3) is 0.0667. The molecule has 2 aromatic carbocycles. The molecule has 116 valence electrons. The molecule has 2 rings (SSSR count). The number of carbonyl (C=O) groups is 1. The van der Waals surface area contributed by atoms with E-state index in [1.54, 1.807) is 0 Å². The second-order valence-corrected chi connectivity index (χ2v) is 4.92. The molecular weight excluding hydrogens is 325 g/mol. The lowest BCUT2D eigenvalue weighted by Gasteiger charge is -2.12. The van der Waals surface area contributed by atoms with Crippen molar-refractivity contribution in [1.29, 1.82) is 5.26 Å². The predicted molar refractivity (Wildman–Crippen MR) is 80.3 cm³/mol. The summed E-state index contributed by atoms with van der Waals surface area (Å²) >= 11 is 5.68. The normalized spacial score (nSPS) is 11.3. The molecule has 0 unspecified atom stereocenters. The van der Waals surface area contributed by atoms with Crippen molar-refractivity contribution in [3.63, 3.8) is 0 Å². The Labute approximate surface area is 135 Å². The number of hydrogen-bond donors (Lipinski definition) is 1. The number of nitriles is 1. The predicted octanol–water partition coefficient (Wildman–Crippen LogP) is 3.38. The zero-order valence-electron chi connectivity index (χ0n) is 11.5. The van der Waals surface area contributed by atoms with E-state index in [-0.39, 0.29) is 10.6 Å². The van der Waals surface area contributed by atoms with Crippen LogP contribution in [0.15, 0.2) is 42.5 Å². The summed E-state index contributed by atoms with van der Waals surface area (Å²) < 4.78 is 12.9. The summed E-state index contributed by atoms with van der Waals surface area (Å²) in [4.78, 5) is 22.3. The smallest absolute Gasteiger partial charge is 0.288 e. The minimum atomic E-state index is -1.02. The van der Waals surface area contributed by atoms with Crippen LogP contribution in [0.2, 0.25) is 5.02 Å². The van der Waals surface area contributed by atoms with Crippen LogP contribution in [0.4, 0.5) is 10.1 Å². The van der Waals surface area contributed by atoms with Gasteiger partial charge in [-0.05, 0) is 29.8 Å². The van der Waals surface area contributed by atoms with Crippen molar-refractivity contribution in [2.75, 3.05) is 0 Å². The van der Waals surface area contributed by atoms with Gasteiger partial charge in [0.1, 0.15) is 16.9 Å². The van der Waals surface area contributed by atoms with Crippen LogP contribution in [0.5, 0.6) is 0 Å². The van der Waals surface area contributed by atoms with E-state index in [9.17, 15) is 19.3 Å². The van der Waals surface area contributed by atoms with E-state index in [1.165, 1.54) is 36.4 Å². The number of nitrogens with zero attached hydrogens (tertiary/aromatic N) is 2. The number of amides is 1. The third-order valence-corrected chi connectivity index (χ3v) is 3.33. The van der Waals surface area contributed by atoms with Gasteiger partial charge in [-0.1, -0.05) is 23.7 Å². The molecule has 0 fully saturated rings. The second-order valence-electron chi connectivity index (χ2n) is 4.51. The van der Waals surface area contributed by atoms with Gasteiger partial charge in [0, 0.05) is 11.6 Å². The van der Waals surface area contributed by atoms with E-state index in [2.05, 4.69) is 5.32 Å². The third kappa shape index (κ3) is 3.81. The van der Waals surface area contributed by atoms with E-state index in [0.717, 1.165) is 6.07 Å². The molecule has 1 N–H and O–H groups in total. The summed E-state index contributed by atoms with van der Waals surface area (Å²) in [5, 5.41) is 22.3. The van der Waals surface area contributed by atoms with Gasteiger partial charge < -0.3 is 5.32 Å². The maximum atomic E-state index is 12.9. The van der Waals surface area contributed by atoms with Gasteiger partial charge in [-0.2, -0.15) is 5.26 Å². The van der Waals surface area contributed by atoms with E-state index in [4.69, 9.17) is 16.9 Å². The van der Waals surface area contributed by atoms with Crippen LogP contribution in [-0.2, 0) is 0 Å². The van der Waals surface area contributed by atoms with Crippen LogP contribution in [0, 0.1) is 27.3 Å². The Bertz CT molecular complexity index is 803. The van der Waals surface area contributed by atoms with Gasteiger partial charge in [-0.3, -0.25) is 14.9 Å². The molecular formula is C15H9ClFN3O3. The number of halogens is 2. The van der Waals surface area contributed by atoms with Gasteiger partial charge in [-0.25, -0.2) is 4.39 Å². The molecule has 8 heteroatoms. The molecule has 0 aromatic heterocycles. The number of nitro groups is 1. The average Bonchev–Trinajstić information content (AvgIpc) is 2.53. The Balaban J connectivity index is 2.23. The van der Waals surface area contributed by atoms with E-state index in [0.29, 0.717) is 5.56 Å². The van der Waals surface area contributed by atoms with E-state index < -0.39 is 28.4 Å². The first kappa shape index (κ1) is 16.4. The molecule has 0 heterocycles. The Morgan fingerprint density at radius 1 is 1.30 bits per heavy atom. The highest BCUT2D eigenvalue weighted by Crippen LogP contribution is 2.25. The van der Waals surface area contributed by atoms with E-state index in [1.807, 2.05) is 6.07 Å². The highest BCUT2D eigenvalue weighted by Gasteiger charge is 2.19. The van der Waals surface area contributed by atoms with Crippen LogP contribution < -0.4 is 5.32 Å². The summed E-state index contributed by atoms with van der Waals surface area (Å²) in [5.41, 5.74) is -0.0243. The molecule has 23 heavy (non-hydrogen) atoms. The molecule has 0 radical (unpaired) electrons. The molecule has 0 saturated heterocycles. The lowest BCUT2D eigenvalue weighted by Crippen LogP contribution is -2.27. The summed E-state index contributed by atoms with van der Waals surface area (Å²) in [5.74, 6) is -1.15. The van der Waals surface area contributed by atoms with Gasteiger partial charge in [-0.15, -0.1) is 0 Å². The Morgan fingerprint density at radius 3 is 2.52 bits per heavy atom. The van der Waals surface area contributed by atoms with Crippen molar-refractivity contribution < 1.29 is 14.1 Å². The monoisotopic (exact) mass is 333 g/mol. The zero-order valence-corrected chi connectivity index (χ0v) is 12.2. The lowest BCUT2D eigenvalue weighted by molar-refractivity contribution is -0.384. The zero-order chi connectivity index (χ0) is 17.0. The lowest BCUT2D eigenvalue weighted by atomic mass is 10.1. The second kappa shape index (κ2) is 6.85. The van der Waals surface area contributed by atoms with Crippen LogP contribution in [0.25, 0.3) is 0 Å². The molecule has 0 aliphatic carbocycles. The van der Waals surface area contributed by atoms with Gasteiger partial charge >= 0.3 is 0 Å². The molecule has 0 bridgehead atoms. The van der Waals surface area contributed by atoms with Crippen LogP contribution in [-0.4, -0.2) is 10.8 Å². The van der Waals surface area contributed by atoms with Crippen molar-refractivity contribution >= 4 is 23.2 Å². The minimum absolute atomic E-state index is 0.0107. The van der Waals surface area contributed by atoms with Gasteiger partial charge in [0.25, 0.3) is 11.6 Å². The number of benzene rings is 2. The Kier molecular flexibility index (Phi) is 4.88. The molecule has 0 aliphatic rings. The van der Waals surface area contributed by atoms with Crippen molar-refractivity contribution in [2.45, 2.75) is 6.04 Å². The molecule has 0 spiro atoms. The number of carbonyl (C=O) groups excluding carboxylic acids is 1. The SMILES string of the molecule is N#C[C@H](NC(=O)c1ccc(Cl)c([N+](=O)[O-])c1)c1ccc(F)cc1. The standard InChI is InChI=1S/C15H9ClFN3O3/c16-12-6-3-10(7-14(12)20(22)23)15(21)19-13(8-18)9-1-4-11(17)5-2-9/h1-7,13H,(H,19,21)/t13-/m0/s1. The van der Waals surface area contributed by atoms with Gasteiger partial charge in [0.05, 0.1) is 11.0 Å².